The lowest BCUT2D eigenvalue weighted by molar-refractivity contribution is 0.102. The summed E-state index contributed by atoms with van der Waals surface area (Å²) < 4.78 is 27.6. The Morgan fingerprint density at radius 3 is 2.34 bits per heavy atom. The third-order valence-electron chi connectivity index (χ3n) is 4.93. The number of carbonyl (C=O) groups is 1. The summed E-state index contributed by atoms with van der Waals surface area (Å²) in [7, 11) is -2.35. The van der Waals surface area contributed by atoms with Crippen LogP contribution in [0.2, 0.25) is 0 Å². The molecule has 0 aliphatic heterocycles. The monoisotopic (exact) mass is 448 g/mol. The fourth-order valence-electron chi connectivity index (χ4n) is 3.32. The molecule has 4 rings (SSSR count). The number of amides is 1. The molecule has 0 fully saturated rings. The van der Waals surface area contributed by atoms with E-state index >= 15 is 0 Å². The zero-order valence-corrected chi connectivity index (χ0v) is 18.0. The molecule has 0 aliphatic carbocycles. The number of hydrogen-bond acceptors (Lipinski definition) is 5. The van der Waals surface area contributed by atoms with Crippen LogP contribution in [0.15, 0.2) is 88.6 Å². The predicted octanol–water partition coefficient (Wildman–Crippen LogP) is 2.61. The Labute approximate surface area is 184 Å². The van der Waals surface area contributed by atoms with E-state index in [1.165, 1.54) is 29.9 Å². The summed E-state index contributed by atoms with van der Waals surface area (Å²) >= 11 is 0. The van der Waals surface area contributed by atoms with Crippen LogP contribution in [-0.2, 0) is 16.6 Å². The molecule has 0 bridgehead atoms. The van der Waals surface area contributed by atoms with Gasteiger partial charge in [-0.05, 0) is 36.9 Å². The third kappa shape index (κ3) is 4.29. The topological polar surface area (TPSA) is 110 Å². The van der Waals surface area contributed by atoms with Crippen LogP contribution in [0.1, 0.15) is 16.1 Å². The van der Waals surface area contributed by atoms with Gasteiger partial charge in [0.2, 0.25) is 10.0 Å². The molecule has 162 valence electrons. The van der Waals surface area contributed by atoms with Crippen LogP contribution in [-0.4, -0.2) is 31.2 Å². The van der Waals surface area contributed by atoms with Crippen molar-refractivity contribution in [3.63, 3.8) is 0 Å². The molecule has 32 heavy (non-hydrogen) atoms. The van der Waals surface area contributed by atoms with Crippen molar-refractivity contribution < 1.29 is 13.2 Å². The van der Waals surface area contributed by atoms with Crippen LogP contribution in [0.3, 0.4) is 0 Å². The van der Waals surface area contributed by atoms with E-state index in [1.807, 2.05) is 30.3 Å². The Balaban J connectivity index is 1.75. The van der Waals surface area contributed by atoms with Gasteiger partial charge in [0, 0.05) is 11.1 Å². The average Bonchev–Trinajstić information content (AvgIpc) is 2.81. The highest BCUT2D eigenvalue weighted by Gasteiger charge is 2.18. The number of hydrogen-bond donors (Lipinski definition) is 2. The quantitative estimate of drug-likeness (QED) is 0.471. The van der Waals surface area contributed by atoms with Gasteiger partial charge < -0.3 is 5.32 Å². The number of fused-ring (bicyclic) bond motifs is 1. The second-order valence-corrected chi connectivity index (χ2v) is 8.92. The Morgan fingerprint density at radius 1 is 0.938 bits per heavy atom. The van der Waals surface area contributed by atoms with Gasteiger partial charge in [0.1, 0.15) is 0 Å². The number of anilines is 1. The lowest BCUT2D eigenvalue weighted by atomic mass is 10.1. The molecule has 1 aromatic heterocycles. The Bertz CT molecular complexity index is 1460. The maximum Gasteiger partial charge on any atom is 0.276 e. The van der Waals surface area contributed by atoms with E-state index < -0.39 is 15.9 Å². The zero-order valence-electron chi connectivity index (χ0n) is 17.1. The first kappa shape index (κ1) is 21.4. The predicted molar refractivity (Wildman–Crippen MR) is 122 cm³/mol. The maximum absolute atomic E-state index is 13.1. The number of nitrogens with one attached hydrogen (secondary N) is 2. The molecule has 4 aromatic rings. The number of sulfonamides is 1. The van der Waals surface area contributed by atoms with Gasteiger partial charge in [-0.15, -0.1) is 0 Å². The molecule has 0 saturated carbocycles. The Kier molecular flexibility index (Phi) is 5.85. The van der Waals surface area contributed by atoms with Crippen molar-refractivity contribution in [3.05, 3.63) is 100 Å². The van der Waals surface area contributed by atoms with Crippen LogP contribution in [0, 0.1) is 0 Å². The first-order valence-electron chi connectivity index (χ1n) is 9.78. The Hall–Kier alpha value is -3.82. The number of nitrogens with zero attached hydrogens (tertiary/aromatic N) is 2. The molecular weight excluding hydrogens is 428 g/mol. The minimum absolute atomic E-state index is 0.0182. The van der Waals surface area contributed by atoms with E-state index in [4.69, 9.17) is 0 Å². The largest absolute Gasteiger partial charge is 0.321 e. The van der Waals surface area contributed by atoms with Crippen molar-refractivity contribution in [2.45, 2.75) is 11.4 Å². The molecule has 0 radical (unpaired) electrons. The van der Waals surface area contributed by atoms with E-state index in [0.717, 1.165) is 5.56 Å². The van der Waals surface area contributed by atoms with Gasteiger partial charge in [0.05, 0.1) is 16.8 Å². The molecule has 3 aromatic carbocycles. The summed E-state index contributed by atoms with van der Waals surface area (Å²) in [6, 6.07) is 22.0. The minimum Gasteiger partial charge on any atom is -0.321 e. The highest BCUT2D eigenvalue weighted by Crippen LogP contribution is 2.18. The SMILES string of the molecule is CNS(=O)(=O)c1cccc(NC(=O)c2nn(Cc3ccccc3)c(=O)c3ccccc23)c1. The highest BCUT2D eigenvalue weighted by atomic mass is 32.2. The van der Waals surface area contributed by atoms with Gasteiger partial charge in [-0.2, -0.15) is 5.10 Å². The summed E-state index contributed by atoms with van der Waals surface area (Å²) in [4.78, 5) is 26.1. The zero-order chi connectivity index (χ0) is 22.7. The lowest BCUT2D eigenvalue weighted by Crippen LogP contribution is -2.28. The van der Waals surface area contributed by atoms with Crippen LogP contribution in [0.5, 0.6) is 0 Å². The fraction of sp³-hybridized carbons (Fsp3) is 0.0870. The van der Waals surface area contributed by atoms with Gasteiger partial charge in [0.25, 0.3) is 11.5 Å². The first-order chi connectivity index (χ1) is 15.4. The van der Waals surface area contributed by atoms with E-state index in [1.54, 1.807) is 30.3 Å². The van der Waals surface area contributed by atoms with Gasteiger partial charge >= 0.3 is 0 Å². The van der Waals surface area contributed by atoms with E-state index in [9.17, 15) is 18.0 Å². The van der Waals surface area contributed by atoms with Gasteiger partial charge in [-0.25, -0.2) is 17.8 Å². The van der Waals surface area contributed by atoms with Crippen molar-refractivity contribution >= 4 is 32.4 Å². The summed E-state index contributed by atoms with van der Waals surface area (Å²) in [5.41, 5.74) is 0.924. The summed E-state index contributed by atoms with van der Waals surface area (Å²) in [6.45, 7) is 0.209. The number of rotatable bonds is 6. The molecule has 0 aliphatic rings. The molecule has 0 saturated heterocycles. The summed E-state index contributed by atoms with van der Waals surface area (Å²) in [5.74, 6) is -0.554. The lowest BCUT2D eigenvalue weighted by Gasteiger charge is -2.12. The highest BCUT2D eigenvalue weighted by molar-refractivity contribution is 7.89. The van der Waals surface area contributed by atoms with Crippen LogP contribution in [0.25, 0.3) is 10.8 Å². The van der Waals surface area contributed by atoms with Gasteiger partial charge in [-0.3, -0.25) is 9.59 Å². The molecule has 0 spiro atoms. The Morgan fingerprint density at radius 2 is 1.62 bits per heavy atom. The van der Waals surface area contributed by atoms with Gasteiger partial charge in [0.15, 0.2) is 5.69 Å². The van der Waals surface area contributed by atoms with Crippen molar-refractivity contribution in [1.82, 2.24) is 14.5 Å². The molecule has 8 nitrogen and oxygen atoms in total. The molecule has 0 atom stereocenters. The summed E-state index contributed by atoms with van der Waals surface area (Å²) in [6.07, 6.45) is 0. The number of carbonyl (C=O) groups excluding carboxylic acids is 1. The average molecular weight is 449 g/mol. The van der Waals surface area contributed by atoms with E-state index in [2.05, 4.69) is 15.1 Å². The third-order valence-corrected chi connectivity index (χ3v) is 6.34. The fourth-order valence-corrected chi connectivity index (χ4v) is 4.09. The van der Waals surface area contributed by atoms with Crippen LogP contribution < -0.4 is 15.6 Å². The second kappa shape index (κ2) is 8.74. The molecule has 1 heterocycles. The van der Waals surface area contributed by atoms with Crippen molar-refractivity contribution in [3.8, 4) is 0 Å². The van der Waals surface area contributed by atoms with Gasteiger partial charge in [-0.1, -0.05) is 54.6 Å². The number of aromatic nitrogens is 2. The first-order valence-corrected chi connectivity index (χ1v) is 11.3. The molecule has 9 heteroatoms. The van der Waals surface area contributed by atoms with E-state index in [0.29, 0.717) is 10.8 Å². The standard InChI is InChI=1S/C23H20N4O4S/c1-24-32(30,31)18-11-7-10-17(14-18)25-22(28)21-19-12-5-6-13-20(19)23(29)27(26-21)15-16-8-3-2-4-9-16/h2-14,24H,15H2,1H3,(H,25,28). The van der Waals surface area contributed by atoms with Crippen LogP contribution in [0.4, 0.5) is 5.69 Å². The summed E-state index contributed by atoms with van der Waals surface area (Å²) in [5, 5.41) is 7.81. The number of benzene rings is 3. The van der Waals surface area contributed by atoms with E-state index in [-0.39, 0.29) is 28.4 Å². The molecule has 2 N–H and O–H groups in total. The molecule has 0 unspecified atom stereocenters. The molecular formula is C23H20N4O4S. The minimum atomic E-state index is -3.67. The van der Waals surface area contributed by atoms with Crippen LogP contribution >= 0.6 is 0 Å². The molecule has 1 amide bonds. The maximum atomic E-state index is 13.1. The second-order valence-electron chi connectivity index (χ2n) is 7.03. The van der Waals surface area contributed by atoms with Crippen molar-refractivity contribution in [2.75, 3.05) is 12.4 Å². The normalized spacial score (nSPS) is 11.4. The van der Waals surface area contributed by atoms with Crippen molar-refractivity contribution in [2.24, 2.45) is 0 Å². The van der Waals surface area contributed by atoms with Crippen molar-refractivity contribution in [1.29, 1.82) is 0 Å². The smallest absolute Gasteiger partial charge is 0.276 e.